The van der Waals surface area contributed by atoms with E-state index in [1.807, 2.05) is 47.9 Å². The highest BCUT2D eigenvalue weighted by Crippen LogP contribution is 2.25. The van der Waals surface area contributed by atoms with Gasteiger partial charge in [0.25, 0.3) is 0 Å². The molecule has 102 valence electrons. The lowest BCUT2D eigenvalue weighted by atomic mass is 10.1. The van der Waals surface area contributed by atoms with E-state index >= 15 is 0 Å². The molecule has 5 heteroatoms. The quantitative estimate of drug-likeness (QED) is 0.787. The van der Waals surface area contributed by atoms with Gasteiger partial charge in [-0.1, -0.05) is 24.3 Å². The Labute approximate surface area is 117 Å². The van der Waals surface area contributed by atoms with Crippen LogP contribution in [0.2, 0.25) is 0 Å². The molecule has 0 bridgehead atoms. The molecule has 2 heterocycles. The van der Waals surface area contributed by atoms with Crippen molar-refractivity contribution in [3.05, 3.63) is 48.3 Å². The molecule has 20 heavy (non-hydrogen) atoms. The first kappa shape index (κ1) is 12.6. The fourth-order valence-corrected chi connectivity index (χ4v) is 2.14. The molecule has 0 fully saturated rings. The van der Waals surface area contributed by atoms with Crippen LogP contribution >= 0.6 is 0 Å². The Morgan fingerprint density at radius 1 is 1.15 bits per heavy atom. The molecular formula is C15H17N5. The molecule has 5 nitrogen and oxygen atoms in total. The van der Waals surface area contributed by atoms with Crippen LogP contribution in [-0.2, 0) is 6.54 Å². The van der Waals surface area contributed by atoms with Crippen LogP contribution in [0, 0.1) is 0 Å². The average molecular weight is 267 g/mol. The van der Waals surface area contributed by atoms with Crippen molar-refractivity contribution >= 4 is 11.3 Å². The van der Waals surface area contributed by atoms with Crippen LogP contribution in [0.3, 0.4) is 0 Å². The van der Waals surface area contributed by atoms with E-state index in [1.54, 1.807) is 6.20 Å². The summed E-state index contributed by atoms with van der Waals surface area (Å²) in [4.78, 5) is 6.70. The number of fused-ring (bicyclic) bond motifs is 1. The summed E-state index contributed by atoms with van der Waals surface area (Å²) in [5.41, 5.74) is 9.74. The van der Waals surface area contributed by atoms with Crippen LogP contribution in [-0.4, -0.2) is 28.7 Å². The number of rotatable bonds is 3. The van der Waals surface area contributed by atoms with Gasteiger partial charge < -0.3 is 10.6 Å². The van der Waals surface area contributed by atoms with Gasteiger partial charge in [-0.3, -0.25) is 0 Å². The summed E-state index contributed by atoms with van der Waals surface area (Å²) in [5.74, 6) is 0.874. The topological polar surface area (TPSA) is 59.5 Å². The Balaban J connectivity index is 2.19. The van der Waals surface area contributed by atoms with E-state index in [0.717, 1.165) is 28.2 Å². The van der Waals surface area contributed by atoms with Gasteiger partial charge in [0.05, 0.1) is 23.6 Å². The van der Waals surface area contributed by atoms with Crippen molar-refractivity contribution in [3.63, 3.8) is 0 Å². The van der Waals surface area contributed by atoms with Crippen LogP contribution < -0.4 is 10.6 Å². The van der Waals surface area contributed by atoms with Crippen LogP contribution in [0.15, 0.2) is 42.7 Å². The van der Waals surface area contributed by atoms with E-state index in [0.29, 0.717) is 6.54 Å². The predicted molar refractivity (Wildman–Crippen MR) is 80.6 cm³/mol. The zero-order valence-corrected chi connectivity index (χ0v) is 11.6. The normalized spacial score (nSPS) is 10.9. The minimum Gasteiger partial charge on any atom is -0.361 e. The summed E-state index contributed by atoms with van der Waals surface area (Å²) in [6.45, 7) is 0.549. The smallest absolute Gasteiger partial charge is 0.147 e. The van der Waals surface area contributed by atoms with Gasteiger partial charge in [0.1, 0.15) is 5.82 Å². The summed E-state index contributed by atoms with van der Waals surface area (Å²) in [5, 5.41) is 4.31. The van der Waals surface area contributed by atoms with Gasteiger partial charge in [-0.15, -0.1) is 0 Å². The maximum Gasteiger partial charge on any atom is 0.147 e. The number of nitrogens with two attached hydrogens (primary N) is 1. The molecular weight excluding hydrogens is 250 g/mol. The Kier molecular flexibility index (Phi) is 3.12. The number of nitrogens with zero attached hydrogens (tertiary/aromatic N) is 4. The molecule has 0 aliphatic heterocycles. The number of hydrogen-bond acceptors (Lipinski definition) is 4. The van der Waals surface area contributed by atoms with Crippen LogP contribution in [0.4, 0.5) is 5.82 Å². The lowest BCUT2D eigenvalue weighted by Gasteiger charge is -2.14. The fraction of sp³-hybridized carbons (Fsp3) is 0.200. The van der Waals surface area contributed by atoms with E-state index in [9.17, 15) is 0 Å². The zero-order chi connectivity index (χ0) is 14.1. The maximum atomic E-state index is 5.64. The van der Waals surface area contributed by atoms with Crippen molar-refractivity contribution in [2.24, 2.45) is 5.73 Å². The molecule has 0 aliphatic carbocycles. The van der Waals surface area contributed by atoms with Gasteiger partial charge in [-0.05, 0) is 11.6 Å². The zero-order valence-electron chi connectivity index (χ0n) is 11.6. The summed E-state index contributed by atoms with van der Waals surface area (Å²) >= 11 is 0. The fourth-order valence-electron chi connectivity index (χ4n) is 2.14. The first-order valence-corrected chi connectivity index (χ1v) is 6.50. The molecule has 1 aromatic carbocycles. The Morgan fingerprint density at radius 3 is 2.55 bits per heavy atom. The largest absolute Gasteiger partial charge is 0.361 e. The molecule has 0 amide bonds. The van der Waals surface area contributed by atoms with Gasteiger partial charge in [-0.25, -0.2) is 9.50 Å². The summed E-state index contributed by atoms with van der Waals surface area (Å²) in [6.07, 6.45) is 3.71. The third kappa shape index (κ3) is 2.12. The first-order chi connectivity index (χ1) is 9.69. The Hall–Kier alpha value is -2.40. The Bertz CT molecular complexity index is 728. The molecule has 2 N–H and O–H groups in total. The maximum absolute atomic E-state index is 5.64. The van der Waals surface area contributed by atoms with Crippen LogP contribution in [0.5, 0.6) is 0 Å². The minimum absolute atomic E-state index is 0.549. The van der Waals surface area contributed by atoms with Gasteiger partial charge >= 0.3 is 0 Å². The molecule has 3 rings (SSSR count). The summed E-state index contributed by atoms with van der Waals surface area (Å²) in [7, 11) is 3.94. The van der Waals surface area contributed by atoms with E-state index in [-0.39, 0.29) is 0 Å². The highest BCUT2D eigenvalue weighted by molar-refractivity contribution is 5.77. The van der Waals surface area contributed by atoms with Gasteiger partial charge in [0, 0.05) is 26.2 Å². The lowest BCUT2D eigenvalue weighted by Crippen LogP contribution is -2.12. The van der Waals surface area contributed by atoms with Crippen molar-refractivity contribution < 1.29 is 0 Å². The highest BCUT2D eigenvalue weighted by Gasteiger charge is 2.10. The van der Waals surface area contributed by atoms with E-state index in [2.05, 4.69) is 17.2 Å². The van der Waals surface area contributed by atoms with E-state index in [4.69, 9.17) is 10.7 Å². The molecule has 0 saturated carbocycles. The highest BCUT2D eigenvalue weighted by atomic mass is 15.2. The molecule has 0 unspecified atom stereocenters. The average Bonchev–Trinajstić information content (AvgIpc) is 2.94. The van der Waals surface area contributed by atoms with Crippen molar-refractivity contribution in [2.45, 2.75) is 6.54 Å². The number of hydrogen-bond donors (Lipinski definition) is 1. The SMILES string of the molecule is CN(C)c1cn2nccc2c(-c2ccc(CN)cc2)n1. The summed E-state index contributed by atoms with van der Waals surface area (Å²) in [6, 6.07) is 10.1. The lowest BCUT2D eigenvalue weighted by molar-refractivity contribution is 0.928. The number of benzene rings is 1. The van der Waals surface area contributed by atoms with Crippen molar-refractivity contribution in [1.82, 2.24) is 14.6 Å². The summed E-state index contributed by atoms with van der Waals surface area (Å²) < 4.78 is 1.86. The van der Waals surface area contributed by atoms with Crippen molar-refractivity contribution in [3.8, 4) is 11.3 Å². The second kappa shape index (κ2) is 4.94. The third-order valence-corrected chi connectivity index (χ3v) is 3.30. The molecule has 0 aliphatic rings. The second-order valence-corrected chi connectivity index (χ2v) is 4.90. The van der Waals surface area contributed by atoms with Crippen molar-refractivity contribution in [1.29, 1.82) is 0 Å². The molecule has 3 aromatic rings. The van der Waals surface area contributed by atoms with Crippen molar-refractivity contribution in [2.75, 3.05) is 19.0 Å². The molecule has 0 atom stereocenters. The molecule has 0 spiro atoms. The minimum atomic E-state index is 0.549. The Morgan fingerprint density at radius 2 is 1.90 bits per heavy atom. The van der Waals surface area contributed by atoms with Gasteiger partial charge in [-0.2, -0.15) is 5.10 Å². The molecule has 0 radical (unpaired) electrons. The first-order valence-electron chi connectivity index (χ1n) is 6.50. The van der Waals surface area contributed by atoms with Crippen LogP contribution in [0.25, 0.3) is 16.8 Å². The second-order valence-electron chi connectivity index (χ2n) is 4.90. The number of anilines is 1. The molecule has 0 saturated heterocycles. The third-order valence-electron chi connectivity index (χ3n) is 3.30. The predicted octanol–water partition coefficient (Wildman–Crippen LogP) is 1.92. The molecule has 2 aromatic heterocycles. The van der Waals surface area contributed by atoms with Gasteiger partial charge in [0.15, 0.2) is 0 Å². The monoisotopic (exact) mass is 267 g/mol. The standard InChI is InChI=1S/C15H17N5/c1-19(2)14-10-20-13(7-8-17-20)15(18-14)12-5-3-11(9-16)4-6-12/h3-8,10H,9,16H2,1-2H3. The van der Waals surface area contributed by atoms with E-state index in [1.165, 1.54) is 0 Å². The van der Waals surface area contributed by atoms with Crippen LogP contribution in [0.1, 0.15) is 5.56 Å². The number of aromatic nitrogens is 3. The van der Waals surface area contributed by atoms with Gasteiger partial charge in [0.2, 0.25) is 0 Å². The van der Waals surface area contributed by atoms with E-state index < -0.39 is 0 Å².